The molecule has 4 heterocycles. The number of hydrogen-bond donors (Lipinski definition) is 1. The molecule has 36 heavy (non-hydrogen) atoms. The summed E-state index contributed by atoms with van der Waals surface area (Å²) in [6, 6.07) is 10.7. The summed E-state index contributed by atoms with van der Waals surface area (Å²) in [6.07, 6.45) is 10.5. The van der Waals surface area contributed by atoms with Crippen LogP contribution in [0.2, 0.25) is 0 Å². The number of fused-ring (bicyclic) bond motifs is 2. The van der Waals surface area contributed by atoms with Crippen LogP contribution in [0.5, 0.6) is 0 Å². The number of rotatable bonds is 9. The van der Waals surface area contributed by atoms with Crippen LogP contribution < -0.4 is 5.32 Å². The summed E-state index contributed by atoms with van der Waals surface area (Å²) in [4.78, 5) is 14.5. The maximum atomic E-state index is 12.8. The van der Waals surface area contributed by atoms with Crippen LogP contribution in [0.15, 0.2) is 55.1 Å². The molecule has 1 aliphatic rings. The highest BCUT2D eigenvalue weighted by atomic mass is 19.1. The minimum absolute atomic E-state index is 0.0719. The first kappa shape index (κ1) is 22.6. The Morgan fingerprint density at radius 1 is 1.08 bits per heavy atom. The van der Waals surface area contributed by atoms with E-state index in [4.69, 9.17) is 15.0 Å². The van der Waals surface area contributed by atoms with E-state index in [1.54, 1.807) is 23.3 Å². The highest BCUT2D eigenvalue weighted by Crippen LogP contribution is 2.44. The Kier molecular flexibility index (Phi) is 5.83. The first-order valence-electron chi connectivity index (χ1n) is 12.6. The molecular weight excluding hydrogens is 455 g/mol. The van der Waals surface area contributed by atoms with Gasteiger partial charge >= 0.3 is 0 Å². The molecule has 4 aromatic heterocycles. The van der Waals surface area contributed by atoms with E-state index in [2.05, 4.69) is 41.5 Å². The minimum atomic E-state index is -0.474. The second-order valence-electron chi connectivity index (χ2n) is 9.58. The van der Waals surface area contributed by atoms with Crippen molar-refractivity contribution in [3.63, 3.8) is 0 Å². The molecule has 0 spiro atoms. The van der Waals surface area contributed by atoms with Crippen molar-refractivity contribution in [2.45, 2.75) is 51.7 Å². The number of benzene rings is 1. The van der Waals surface area contributed by atoms with Crippen LogP contribution in [0.25, 0.3) is 33.3 Å². The second kappa shape index (κ2) is 9.29. The molecular formula is C27H29FN8. The topological polar surface area (TPSA) is 86.3 Å². The predicted molar refractivity (Wildman–Crippen MR) is 138 cm³/mol. The lowest BCUT2D eigenvalue weighted by atomic mass is 10.0. The van der Waals surface area contributed by atoms with Crippen molar-refractivity contribution >= 4 is 27.8 Å². The highest BCUT2D eigenvalue weighted by Gasteiger charge is 2.34. The molecule has 1 unspecified atom stereocenters. The smallest absolute Gasteiger partial charge is 0.165 e. The van der Waals surface area contributed by atoms with Gasteiger partial charge in [0, 0.05) is 23.8 Å². The first-order chi connectivity index (χ1) is 17.6. The molecule has 0 aliphatic heterocycles. The Hall–Kier alpha value is -3.88. The number of anilines is 1. The second-order valence-corrected chi connectivity index (χ2v) is 9.58. The molecule has 9 heteroatoms. The number of nitrogens with zero attached hydrogens (tertiary/aromatic N) is 7. The molecule has 8 nitrogen and oxygen atoms in total. The lowest BCUT2D eigenvalue weighted by molar-refractivity contribution is 0.427. The third kappa shape index (κ3) is 4.19. The van der Waals surface area contributed by atoms with Gasteiger partial charge in [-0.05, 0) is 49.8 Å². The van der Waals surface area contributed by atoms with Crippen molar-refractivity contribution in [2.24, 2.45) is 5.92 Å². The minimum Gasteiger partial charge on any atom is -0.361 e. The van der Waals surface area contributed by atoms with Crippen molar-refractivity contribution < 1.29 is 4.39 Å². The van der Waals surface area contributed by atoms with E-state index < -0.39 is 6.67 Å². The fourth-order valence-electron chi connectivity index (χ4n) is 4.70. The van der Waals surface area contributed by atoms with Gasteiger partial charge in [0.05, 0.1) is 36.1 Å². The van der Waals surface area contributed by atoms with E-state index in [-0.39, 0.29) is 18.6 Å². The fourth-order valence-corrected chi connectivity index (χ4v) is 4.70. The van der Waals surface area contributed by atoms with Gasteiger partial charge in [-0.2, -0.15) is 10.2 Å². The lowest BCUT2D eigenvalue weighted by Crippen LogP contribution is -2.16. The standard InChI is InChI=1S/C27H29FN8/c1-3-17(2)36-25-23(15-31-36)32-26(21-14-30-35(16-21)11-10-28)34-27(25)33-24(18-8-9-18)20-12-19-6-4-5-7-22(19)29-13-20/h4-7,12-18,24H,3,8-11H2,1-2H3,(H,32,33,34)/t17?,24-/m1/s1. The molecule has 0 saturated heterocycles. The average Bonchev–Trinajstić information content (AvgIpc) is 3.48. The number of halogens is 1. The molecule has 1 saturated carbocycles. The number of aromatic nitrogens is 7. The normalized spacial score (nSPS) is 15.4. The SMILES string of the molecule is CCC(C)n1ncc2nc(-c3cnn(CCF)c3)nc(N[C@@H](c3cnc4ccccc4c3)C3CC3)c21. The van der Waals surface area contributed by atoms with E-state index in [1.807, 2.05) is 29.1 Å². The Bertz CT molecular complexity index is 1520. The number of pyridine rings is 1. The van der Waals surface area contributed by atoms with Crippen molar-refractivity contribution in [3.8, 4) is 11.4 Å². The van der Waals surface area contributed by atoms with Gasteiger partial charge in [-0.3, -0.25) is 14.3 Å². The lowest BCUT2D eigenvalue weighted by Gasteiger charge is -2.21. The van der Waals surface area contributed by atoms with Crippen LogP contribution in [0.4, 0.5) is 10.2 Å². The van der Waals surface area contributed by atoms with Crippen LogP contribution in [0, 0.1) is 5.92 Å². The predicted octanol–water partition coefficient (Wildman–Crippen LogP) is 5.74. The number of alkyl halides is 1. The van der Waals surface area contributed by atoms with Crippen LogP contribution in [0.3, 0.4) is 0 Å². The largest absolute Gasteiger partial charge is 0.361 e. The third-order valence-corrected chi connectivity index (χ3v) is 7.01. The van der Waals surface area contributed by atoms with E-state index in [9.17, 15) is 4.39 Å². The Balaban J connectivity index is 1.46. The van der Waals surface area contributed by atoms with Gasteiger partial charge < -0.3 is 5.32 Å². The van der Waals surface area contributed by atoms with Crippen molar-refractivity contribution in [3.05, 3.63) is 60.7 Å². The quantitative estimate of drug-likeness (QED) is 0.287. The van der Waals surface area contributed by atoms with Gasteiger partial charge in [0.2, 0.25) is 0 Å². The van der Waals surface area contributed by atoms with E-state index >= 15 is 0 Å². The number of hydrogen-bond acceptors (Lipinski definition) is 6. The first-order valence-corrected chi connectivity index (χ1v) is 12.6. The number of para-hydroxylation sites is 1. The third-order valence-electron chi connectivity index (χ3n) is 7.01. The van der Waals surface area contributed by atoms with Crippen molar-refractivity contribution in [2.75, 3.05) is 12.0 Å². The van der Waals surface area contributed by atoms with Gasteiger partial charge in [-0.15, -0.1) is 0 Å². The highest BCUT2D eigenvalue weighted by molar-refractivity contribution is 5.88. The monoisotopic (exact) mass is 484 g/mol. The molecule has 0 radical (unpaired) electrons. The molecule has 5 aromatic rings. The molecule has 0 amide bonds. The van der Waals surface area contributed by atoms with Crippen LogP contribution >= 0.6 is 0 Å². The van der Waals surface area contributed by atoms with E-state index in [1.165, 1.54) is 0 Å². The molecule has 1 aromatic carbocycles. The summed E-state index contributed by atoms with van der Waals surface area (Å²) in [6.45, 7) is 4.03. The maximum absolute atomic E-state index is 12.8. The molecule has 2 atom stereocenters. The van der Waals surface area contributed by atoms with E-state index in [0.717, 1.165) is 58.1 Å². The van der Waals surface area contributed by atoms with Gasteiger partial charge in [0.15, 0.2) is 11.6 Å². The van der Waals surface area contributed by atoms with Crippen molar-refractivity contribution in [1.29, 1.82) is 0 Å². The Labute approximate surface area is 208 Å². The average molecular weight is 485 g/mol. The zero-order valence-electron chi connectivity index (χ0n) is 20.5. The maximum Gasteiger partial charge on any atom is 0.165 e. The van der Waals surface area contributed by atoms with Crippen LogP contribution in [-0.2, 0) is 6.54 Å². The summed E-state index contributed by atoms with van der Waals surface area (Å²) in [7, 11) is 0. The molecule has 1 fully saturated rings. The zero-order chi connectivity index (χ0) is 24.6. The molecule has 6 rings (SSSR count). The molecule has 1 N–H and O–H groups in total. The van der Waals surface area contributed by atoms with Gasteiger partial charge in [-0.25, -0.2) is 14.4 Å². The summed E-state index contributed by atoms with van der Waals surface area (Å²) >= 11 is 0. The van der Waals surface area contributed by atoms with Gasteiger partial charge in [-0.1, -0.05) is 25.1 Å². The van der Waals surface area contributed by atoms with E-state index in [0.29, 0.717) is 11.7 Å². The molecule has 0 bridgehead atoms. The van der Waals surface area contributed by atoms with Gasteiger partial charge in [0.1, 0.15) is 17.7 Å². The molecule has 184 valence electrons. The van der Waals surface area contributed by atoms with Crippen LogP contribution in [0.1, 0.15) is 50.8 Å². The molecule has 1 aliphatic carbocycles. The Morgan fingerprint density at radius 2 is 1.94 bits per heavy atom. The van der Waals surface area contributed by atoms with Crippen LogP contribution in [-0.4, -0.2) is 41.2 Å². The summed E-state index contributed by atoms with van der Waals surface area (Å²) in [5, 5.41) is 13.8. The number of aryl methyl sites for hydroxylation is 1. The van der Waals surface area contributed by atoms with Gasteiger partial charge in [0.25, 0.3) is 0 Å². The van der Waals surface area contributed by atoms with Crippen molar-refractivity contribution in [1.82, 2.24) is 34.5 Å². The summed E-state index contributed by atoms with van der Waals surface area (Å²) in [5.41, 5.74) is 4.55. The Morgan fingerprint density at radius 3 is 2.75 bits per heavy atom. The number of nitrogens with one attached hydrogen (secondary N) is 1. The summed E-state index contributed by atoms with van der Waals surface area (Å²) in [5.74, 6) is 1.80. The zero-order valence-corrected chi connectivity index (χ0v) is 20.5. The fraction of sp³-hybridized carbons (Fsp3) is 0.370. The summed E-state index contributed by atoms with van der Waals surface area (Å²) < 4.78 is 16.4.